The minimum Gasteiger partial charge on any atom is -0.504 e. The van der Waals surface area contributed by atoms with Gasteiger partial charge in [-0.05, 0) is 30.2 Å². The van der Waals surface area contributed by atoms with Crippen molar-refractivity contribution < 1.29 is 64.3 Å². The molecular weight excluding hydrogens is 508 g/mol. The fraction of sp³-hybridized carbons (Fsp3) is 0.440. The Hall–Kier alpha value is -3.46. The van der Waals surface area contributed by atoms with Crippen LogP contribution in [0.1, 0.15) is 12.0 Å². The number of aliphatic hydroxyl groups is 4. The fourth-order valence-electron chi connectivity index (χ4n) is 4.13. The molecule has 208 valence electrons. The maximum atomic E-state index is 12.1. The number of aliphatic carboxylic acids is 1. The molecule has 0 spiro atoms. The lowest BCUT2D eigenvalue weighted by Crippen LogP contribution is -2.60. The van der Waals surface area contributed by atoms with E-state index >= 15 is 0 Å². The number of rotatable bonds is 10. The normalized spacial score (nSPS) is 31.3. The molecule has 13 nitrogen and oxygen atoms in total. The molecule has 0 aliphatic carbocycles. The summed E-state index contributed by atoms with van der Waals surface area (Å²) in [5.74, 6) is -4.33. The number of phenolic OH excluding ortho intramolecular Hbond substituents is 2. The third kappa shape index (κ3) is 6.69. The minimum atomic E-state index is -1.70. The molecular formula is C25H30O13. The molecule has 1 aromatic rings. The topological polar surface area (TPSA) is 213 Å². The van der Waals surface area contributed by atoms with Gasteiger partial charge >= 0.3 is 11.9 Å². The highest BCUT2D eigenvalue weighted by Crippen LogP contribution is 2.36. The summed E-state index contributed by atoms with van der Waals surface area (Å²) < 4.78 is 21.6. The molecule has 2 aliphatic rings. The highest BCUT2D eigenvalue weighted by Gasteiger charge is 2.47. The number of aromatic hydroxyl groups is 2. The average molecular weight is 539 g/mol. The number of hydrogen-bond acceptors (Lipinski definition) is 12. The monoisotopic (exact) mass is 538 g/mol. The average Bonchev–Trinajstić information content (AvgIpc) is 2.89. The molecule has 2 aliphatic heterocycles. The van der Waals surface area contributed by atoms with Crippen molar-refractivity contribution in [3.63, 3.8) is 0 Å². The van der Waals surface area contributed by atoms with E-state index in [-0.39, 0.29) is 30.1 Å². The summed E-state index contributed by atoms with van der Waals surface area (Å²) in [7, 11) is 0. The van der Waals surface area contributed by atoms with Crippen LogP contribution in [0.3, 0.4) is 0 Å². The van der Waals surface area contributed by atoms with Gasteiger partial charge in [-0.15, -0.1) is 6.58 Å². The Bertz CT molecular complexity index is 1070. The number of phenols is 2. The molecule has 38 heavy (non-hydrogen) atoms. The highest BCUT2D eigenvalue weighted by molar-refractivity contribution is 5.88. The number of carboxylic acid groups (broad SMARTS) is 1. The van der Waals surface area contributed by atoms with Crippen LogP contribution in [0.2, 0.25) is 0 Å². The molecule has 1 saturated heterocycles. The molecule has 0 saturated carbocycles. The lowest BCUT2D eigenvalue weighted by atomic mass is 9.82. The van der Waals surface area contributed by atoms with Crippen LogP contribution >= 0.6 is 0 Å². The van der Waals surface area contributed by atoms with Crippen molar-refractivity contribution in [2.45, 2.75) is 43.4 Å². The quantitative estimate of drug-likeness (QED) is 0.0876. The molecule has 0 aromatic heterocycles. The van der Waals surface area contributed by atoms with E-state index in [4.69, 9.17) is 18.9 Å². The van der Waals surface area contributed by atoms with Crippen LogP contribution in [0.25, 0.3) is 6.08 Å². The second-order valence-electron chi connectivity index (χ2n) is 8.67. The zero-order chi connectivity index (χ0) is 28.0. The third-order valence-corrected chi connectivity index (χ3v) is 6.23. The molecule has 13 heteroatoms. The molecule has 1 aromatic carbocycles. The van der Waals surface area contributed by atoms with Gasteiger partial charge in [-0.2, -0.15) is 0 Å². The number of ether oxygens (including phenoxy) is 4. The number of benzene rings is 1. The van der Waals surface area contributed by atoms with E-state index in [0.717, 1.165) is 12.3 Å². The summed E-state index contributed by atoms with van der Waals surface area (Å²) in [6, 6.07) is 3.97. The minimum absolute atomic E-state index is 0.0201. The largest absolute Gasteiger partial charge is 0.504 e. The molecule has 0 amide bonds. The zero-order valence-corrected chi connectivity index (χ0v) is 20.1. The molecule has 2 heterocycles. The smallest absolute Gasteiger partial charge is 0.334 e. The number of carbonyl (C=O) groups excluding carboxylic acids is 1. The maximum Gasteiger partial charge on any atom is 0.334 e. The van der Waals surface area contributed by atoms with E-state index in [9.17, 15) is 45.3 Å². The summed E-state index contributed by atoms with van der Waals surface area (Å²) in [5.41, 5.74) is 0.285. The lowest BCUT2D eigenvalue weighted by Gasteiger charge is -2.43. The predicted molar refractivity (Wildman–Crippen MR) is 127 cm³/mol. The van der Waals surface area contributed by atoms with Gasteiger partial charge in [0.25, 0.3) is 0 Å². The van der Waals surface area contributed by atoms with Gasteiger partial charge in [-0.3, -0.25) is 0 Å². The van der Waals surface area contributed by atoms with Crippen LogP contribution in [0.15, 0.2) is 48.8 Å². The molecule has 1 fully saturated rings. The van der Waals surface area contributed by atoms with E-state index in [2.05, 4.69) is 6.58 Å². The summed E-state index contributed by atoms with van der Waals surface area (Å²) >= 11 is 0. The first kappa shape index (κ1) is 29.1. The second kappa shape index (κ2) is 12.9. The van der Waals surface area contributed by atoms with E-state index in [0.29, 0.717) is 5.56 Å². The van der Waals surface area contributed by atoms with Crippen LogP contribution in [0.4, 0.5) is 0 Å². The van der Waals surface area contributed by atoms with Crippen molar-refractivity contribution in [3.8, 4) is 11.5 Å². The summed E-state index contributed by atoms with van der Waals surface area (Å²) in [6.07, 6.45) is -4.16. The van der Waals surface area contributed by atoms with Crippen molar-refractivity contribution in [1.82, 2.24) is 0 Å². The first-order valence-corrected chi connectivity index (χ1v) is 11.6. The van der Waals surface area contributed by atoms with Gasteiger partial charge in [0, 0.05) is 17.9 Å². The summed E-state index contributed by atoms with van der Waals surface area (Å²) in [6.45, 7) is 2.83. The Balaban J connectivity index is 1.65. The first-order chi connectivity index (χ1) is 18.1. The number of aliphatic hydroxyl groups excluding tert-OH is 4. The van der Waals surface area contributed by atoms with Crippen LogP contribution < -0.4 is 0 Å². The van der Waals surface area contributed by atoms with Crippen LogP contribution in [-0.4, -0.2) is 97.9 Å². The van der Waals surface area contributed by atoms with Gasteiger partial charge in [0.1, 0.15) is 24.4 Å². The van der Waals surface area contributed by atoms with Crippen molar-refractivity contribution in [2.75, 3.05) is 13.2 Å². The van der Waals surface area contributed by atoms with Gasteiger partial charge < -0.3 is 54.7 Å². The Morgan fingerprint density at radius 3 is 2.42 bits per heavy atom. The van der Waals surface area contributed by atoms with E-state index in [1.165, 1.54) is 30.4 Å². The van der Waals surface area contributed by atoms with Crippen molar-refractivity contribution in [3.05, 3.63) is 54.3 Å². The van der Waals surface area contributed by atoms with Crippen molar-refractivity contribution in [1.29, 1.82) is 0 Å². The fourth-order valence-corrected chi connectivity index (χ4v) is 4.13. The van der Waals surface area contributed by atoms with Crippen molar-refractivity contribution in [2.24, 2.45) is 11.8 Å². The predicted octanol–water partition coefficient (Wildman–Crippen LogP) is -0.396. The Labute approximate surface area is 217 Å². The Morgan fingerprint density at radius 2 is 1.79 bits per heavy atom. The molecule has 0 bridgehead atoms. The van der Waals surface area contributed by atoms with Crippen molar-refractivity contribution >= 4 is 18.0 Å². The Kier molecular flexibility index (Phi) is 9.85. The van der Waals surface area contributed by atoms with E-state index in [1.807, 2.05) is 0 Å². The van der Waals surface area contributed by atoms with E-state index < -0.39 is 67.4 Å². The maximum absolute atomic E-state index is 12.1. The number of carboxylic acids is 1. The van der Waals surface area contributed by atoms with Gasteiger partial charge in [0.05, 0.1) is 25.0 Å². The number of hydrogen-bond donors (Lipinski definition) is 7. The van der Waals surface area contributed by atoms with Gasteiger partial charge in [0.2, 0.25) is 6.29 Å². The van der Waals surface area contributed by atoms with E-state index in [1.54, 1.807) is 0 Å². The van der Waals surface area contributed by atoms with Gasteiger partial charge in [-0.25, -0.2) is 9.59 Å². The number of carbonyl (C=O) groups is 2. The lowest BCUT2D eigenvalue weighted by molar-refractivity contribution is -0.339. The SMILES string of the molecule is C=C[C@H]1[C@H](O[C@H]2O[C@@H](CO)[C@H](O)[C@@H](O)[C@@H]2O)OC=C(C(=O)O)[C@H]1CCOC(=O)/C=C\c1ccc(O)c(O)c1. The highest BCUT2D eigenvalue weighted by atomic mass is 16.8. The zero-order valence-electron chi connectivity index (χ0n) is 20.1. The molecule has 7 N–H and O–H groups in total. The molecule has 0 radical (unpaired) electrons. The van der Waals surface area contributed by atoms with Crippen LogP contribution in [-0.2, 0) is 28.5 Å². The second-order valence-corrected chi connectivity index (χ2v) is 8.67. The standard InChI is InChI=1S/C25H30O13/c1-2-13-14(7-8-35-19(29)6-4-12-3-5-16(27)17(28)9-12)15(23(33)34)11-36-24(13)38-25-22(32)21(31)20(30)18(10-26)37-25/h2-6,9,11,13-14,18,20-22,24-28,30-32H,1,7-8,10H2,(H,33,34)/b6-4-/t13-,14+,18+,20+,21-,22+,24+,25-/m1/s1. The first-order valence-electron chi connectivity index (χ1n) is 11.6. The van der Waals surface area contributed by atoms with Crippen LogP contribution in [0.5, 0.6) is 11.5 Å². The van der Waals surface area contributed by atoms with Gasteiger partial charge in [0.15, 0.2) is 17.8 Å². The summed E-state index contributed by atoms with van der Waals surface area (Å²) in [4.78, 5) is 23.9. The molecule has 8 atom stereocenters. The Morgan fingerprint density at radius 1 is 1.05 bits per heavy atom. The van der Waals surface area contributed by atoms with Gasteiger partial charge in [-0.1, -0.05) is 12.1 Å². The summed E-state index contributed by atoms with van der Waals surface area (Å²) in [5, 5.41) is 68.1. The van der Waals surface area contributed by atoms with Crippen LogP contribution in [0, 0.1) is 11.8 Å². The molecule has 0 unspecified atom stereocenters. The number of esters is 1. The molecule has 3 rings (SSSR count). The third-order valence-electron chi connectivity index (χ3n) is 6.23.